The minimum Gasteiger partial charge on any atom is -0.493 e. The number of hydrogen-bond donors (Lipinski definition) is 1. The summed E-state index contributed by atoms with van der Waals surface area (Å²) in [4.78, 5) is 0. The molecule has 0 saturated heterocycles. The average molecular weight is 271 g/mol. The molecule has 0 amide bonds. The maximum absolute atomic E-state index is 9.93. The monoisotopic (exact) mass is 270 g/mol. The molecule has 1 aliphatic rings. The first kappa shape index (κ1) is 13.7. The molecule has 3 nitrogen and oxygen atoms in total. The van der Waals surface area contributed by atoms with Gasteiger partial charge in [-0.15, -0.1) is 0 Å². The fraction of sp³-hybridized carbons (Fsp3) is 0.571. The Balaban J connectivity index is 2.00. The molecule has 1 aromatic rings. The van der Waals surface area contributed by atoms with Crippen molar-refractivity contribution in [2.75, 3.05) is 19.8 Å². The highest BCUT2D eigenvalue weighted by Gasteiger charge is 2.19. The van der Waals surface area contributed by atoms with Gasteiger partial charge in [0.1, 0.15) is 5.75 Å². The van der Waals surface area contributed by atoms with Gasteiger partial charge in [0.15, 0.2) is 0 Å². The molecule has 1 aromatic carbocycles. The number of benzene rings is 1. The zero-order valence-electron chi connectivity index (χ0n) is 10.6. The van der Waals surface area contributed by atoms with Crippen molar-refractivity contribution >= 4 is 11.6 Å². The first-order chi connectivity index (χ1) is 8.70. The summed E-state index contributed by atoms with van der Waals surface area (Å²) in [7, 11) is 0. The van der Waals surface area contributed by atoms with Crippen molar-refractivity contribution in [1.82, 2.24) is 0 Å². The van der Waals surface area contributed by atoms with Crippen LogP contribution in [0.2, 0.25) is 5.02 Å². The molecule has 0 radical (unpaired) electrons. The van der Waals surface area contributed by atoms with Crippen LogP contribution in [0.3, 0.4) is 0 Å². The summed E-state index contributed by atoms with van der Waals surface area (Å²) in [5.74, 6) is 0.897. The van der Waals surface area contributed by atoms with Crippen molar-refractivity contribution in [3.8, 4) is 5.75 Å². The third-order valence-electron chi connectivity index (χ3n) is 2.94. The lowest BCUT2D eigenvalue weighted by atomic mass is 10.0. The van der Waals surface area contributed by atoms with Gasteiger partial charge in [-0.05, 0) is 29.7 Å². The first-order valence-electron chi connectivity index (χ1n) is 6.40. The molecule has 0 aliphatic carbocycles. The van der Waals surface area contributed by atoms with E-state index < -0.39 is 6.10 Å². The van der Waals surface area contributed by atoms with Crippen LogP contribution in [-0.2, 0) is 17.6 Å². The van der Waals surface area contributed by atoms with Crippen LogP contribution in [0.25, 0.3) is 0 Å². The molecule has 0 fully saturated rings. The first-order valence-corrected chi connectivity index (χ1v) is 6.78. The minimum atomic E-state index is -0.511. The van der Waals surface area contributed by atoms with Crippen LogP contribution < -0.4 is 4.74 Å². The van der Waals surface area contributed by atoms with E-state index in [9.17, 15) is 5.11 Å². The fourth-order valence-corrected chi connectivity index (χ4v) is 2.44. The van der Waals surface area contributed by atoms with Gasteiger partial charge in [0, 0.05) is 24.5 Å². The standard InChI is InChI=1S/C14H19ClO3/c1-2-4-17-9-13(16)8-11-7-12(15)6-10-3-5-18-14(10)11/h6-7,13,16H,2-5,8-9H2,1H3. The van der Waals surface area contributed by atoms with Gasteiger partial charge in [0.05, 0.1) is 19.3 Å². The summed E-state index contributed by atoms with van der Waals surface area (Å²) in [6.45, 7) is 3.78. The third-order valence-corrected chi connectivity index (χ3v) is 3.16. The molecule has 4 heteroatoms. The van der Waals surface area contributed by atoms with Gasteiger partial charge in [0.2, 0.25) is 0 Å². The average Bonchev–Trinajstić information content (AvgIpc) is 2.77. The number of hydrogen-bond acceptors (Lipinski definition) is 3. The van der Waals surface area contributed by atoms with Crippen LogP contribution in [0.15, 0.2) is 12.1 Å². The van der Waals surface area contributed by atoms with E-state index in [1.807, 2.05) is 19.1 Å². The molecule has 1 atom stereocenters. The van der Waals surface area contributed by atoms with Crippen LogP contribution in [0, 0.1) is 0 Å². The fourth-order valence-electron chi connectivity index (χ4n) is 2.17. The van der Waals surface area contributed by atoms with Gasteiger partial charge < -0.3 is 14.6 Å². The van der Waals surface area contributed by atoms with E-state index in [4.69, 9.17) is 21.1 Å². The van der Waals surface area contributed by atoms with E-state index in [1.54, 1.807) is 0 Å². The van der Waals surface area contributed by atoms with Crippen LogP contribution in [0.1, 0.15) is 24.5 Å². The Morgan fingerprint density at radius 3 is 3.11 bits per heavy atom. The van der Waals surface area contributed by atoms with Crippen molar-refractivity contribution in [1.29, 1.82) is 0 Å². The topological polar surface area (TPSA) is 38.7 Å². The summed E-state index contributed by atoms with van der Waals surface area (Å²) in [5.41, 5.74) is 2.11. The van der Waals surface area contributed by atoms with Crippen molar-refractivity contribution in [2.45, 2.75) is 32.3 Å². The lowest BCUT2D eigenvalue weighted by Crippen LogP contribution is -2.18. The van der Waals surface area contributed by atoms with Gasteiger partial charge >= 0.3 is 0 Å². The number of fused-ring (bicyclic) bond motifs is 1. The number of rotatable bonds is 6. The smallest absolute Gasteiger partial charge is 0.126 e. The summed E-state index contributed by atoms with van der Waals surface area (Å²) in [5, 5.41) is 10.6. The number of aliphatic hydroxyl groups excluding tert-OH is 1. The Hall–Kier alpha value is -0.770. The van der Waals surface area contributed by atoms with Crippen molar-refractivity contribution < 1.29 is 14.6 Å². The Morgan fingerprint density at radius 2 is 2.33 bits per heavy atom. The molecule has 100 valence electrons. The van der Waals surface area contributed by atoms with Crippen LogP contribution in [0.4, 0.5) is 0 Å². The van der Waals surface area contributed by atoms with Gasteiger partial charge in [-0.3, -0.25) is 0 Å². The molecule has 1 heterocycles. The van der Waals surface area contributed by atoms with E-state index >= 15 is 0 Å². The second-order valence-corrected chi connectivity index (χ2v) is 5.02. The number of aliphatic hydroxyl groups is 1. The zero-order chi connectivity index (χ0) is 13.0. The molecule has 1 N–H and O–H groups in total. The Morgan fingerprint density at radius 1 is 1.50 bits per heavy atom. The van der Waals surface area contributed by atoms with Crippen LogP contribution >= 0.6 is 11.6 Å². The van der Waals surface area contributed by atoms with Crippen molar-refractivity contribution in [2.24, 2.45) is 0 Å². The van der Waals surface area contributed by atoms with E-state index in [1.165, 1.54) is 0 Å². The maximum Gasteiger partial charge on any atom is 0.126 e. The summed E-state index contributed by atoms with van der Waals surface area (Å²) >= 11 is 6.07. The molecular formula is C14H19ClO3. The molecule has 18 heavy (non-hydrogen) atoms. The van der Waals surface area contributed by atoms with Crippen LogP contribution in [-0.4, -0.2) is 31.0 Å². The molecule has 0 spiro atoms. The minimum absolute atomic E-state index is 0.356. The number of halogens is 1. The maximum atomic E-state index is 9.93. The lowest BCUT2D eigenvalue weighted by Gasteiger charge is -2.14. The molecule has 1 unspecified atom stereocenters. The van der Waals surface area contributed by atoms with Crippen molar-refractivity contribution in [3.63, 3.8) is 0 Å². The Kier molecular flexibility index (Phi) is 4.87. The van der Waals surface area contributed by atoms with Gasteiger partial charge in [-0.25, -0.2) is 0 Å². The lowest BCUT2D eigenvalue weighted by molar-refractivity contribution is 0.0371. The summed E-state index contributed by atoms with van der Waals surface area (Å²) in [6, 6.07) is 3.81. The molecule has 0 saturated carbocycles. The Labute approximate surface area is 113 Å². The zero-order valence-corrected chi connectivity index (χ0v) is 11.4. The largest absolute Gasteiger partial charge is 0.493 e. The predicted molar refractivity (Wildman–Crippen MR) is 71.5 cm³/mol. The van der Waals surface area contributed by atoms with E-state index in [0.717, 1.165) is 29.7 Å². The van der Waals surface area contributed by atoms with Crippen molar-refractivity contribution in [3.05, 3.63) is 28.3 Å². The van der Waals surface area contributed by atoms with E-state index in [2.05, 4.69) is 0 Å². The van der Waals surface area contributed by atoms with Gasteiger partial charge in [-0.2, -0.15) is 0 Å². The summed E-state index contributed by atoms with van der Waals surface area (Å²) in [6.07, 6.45) is 1.86. The highest BCUT2D eigenvalue weighted by molar-refractivity contribution is 6.30. The van der Waals surface area contributed by atoms with E-state index in [0.29, 0.717) is 31.3 Å². The molecule has 0 aromatic heterocycles. The Bertz CT molecular complexity index is 406. The third kappa shape index (κ3) is 3.37. The SMILES string of the molecule is CCCOCC(O)Cc1cc(Cl)cc2c1OCC2. The highest BCUT2D eigenvalue weighted by atomic mass is 35.5. The normalized spacial score (nSPS) is 15.3. The highest BCUT2D eigenvalue weighted by Crippen LogP contribution is 2.33. The predicted octanol–water partition coefficient (Wildman–Crippen LogP) is 2.60. The molecule has 0 bridgehead atoms. The van der Waals surface area contributed by atoms with E-state index in [-0.39, 0.29) is 0 Å². The number of ether oxygens (including phenoxy) is 2. The van der Waals surface area contributed by atoms with Crippen LogP contribution in [0.5, 0.6) is 5.75 Å². The van der Waals surface area contributed by atoms with Gasteiger partial charge in [0.25, 0.3) is 0 Å². The van der Waals surface area contributed by atoms with Gasteiger partial charge in [-0.1, -0.05) is 18.5 Å². The second-order valence-electron chi connectivity index (χ2n) is 4.58. The summed E-state index contributed by atoms with van der Waals surface area (Å²) < 4.78 is 10.9. The second kappa shape index (κ2) is 6.41. The quantitative estimate of drug-likeness (QED) is 0.808. The molecule has 1 aliphatic heterocycles. The molecular weight excluding hydrogens is 252 g/mol. The molecule has 2 rings (SSSR count).